The summed E-state index contributed by atoms with van der Waals surface area (Å²) in [6.45, 7) is 1.19. The number of piperidine rings is 1. The van der Waals surface area contributed by atoms with Gasteiger partial charge in [0.15, 0.2) is 5.89 Å². The molecule has 1 saturated heterocycles. The second-order valence-corrected chi connectivity index (χ2v) is 7.36. The normalized spacial score (nSPS) is 16.4. The highest BCUT2D eigenvalue weighted by molar-refractivity contribution is 5.76. The van der Waals surface area contributed by atoms with Gasteiger partial charge in [0.1, 0.15) is 18.1 Å². The molecule has 2 aromatic heterocycles. The Morgan fingerprint density at radius 3 is 2.97 bits per heavy atom. The Morgan fingerprint density at radius 1 is 1.27 bits per heavy atom. The number of nitrogens with zero attached hydrogens (tertiary/aromatic N) is 4. The molecule has 0 spiro atoms. The Bertz CT molecular complexity index is 1070. The Kier molecular flexibility index (Phi) is 5.92. The number of aromatic nitrogens is 3. The number of amides is 1. The van der Waals surface area contributed by atoms with Gasteiger partial charge in [-0.2, -0.15) is 0 Å². The van der Waals surface area contributed by atoms with E-state index in [2.05, 4.69) is 9.97 Å². The van der Waals surface area contributed by atoms with Crippen LogP contribution in [0.5, 0.6) is 5.75 Å². The number of carbonyl (C=O) groups excluding carboxylic acids is 1. The van der Waals surface area contributed by atoms with Crippen molar-refractivity contribution >= 4 is 5.91 Å². The highest BCUT2D eigenvalue weighted by Gasteiger charge is 2.28. The van der Waals surface area contributed by atoms with Gasteiger partial charge in [-0.05, 0) is 25.0 Å². The van der Waals surface area contributed by atoms with Crippen LogP contribution in [0.1, 0.15) is 36.0 Å². The van der Waals surface area contributed by atoms with E-state index in [4.69, 9.17) is 9.15 Å². The predicted molar refractivity (Wildman–Crippen MR) is 109 cm³/mol. The average Bonchev–Trinajstić information content (AvgIpc) is 3.24. The maximum absolute atomic E-state index is 12.7. The lowest BCUT2D eigenvalue weighted by Crippen LogP contribution is -2.42. The number of oxazole rings is 1. The predicted octanol–water partition coefficient (Wildman–Crippen LogP) is 2.24. The van der Waals surface area contributed by atoms with Crippen LogP contribution in [0.25, 0.3) is 0 Å². The fourth-order valence-corrected chi connectivity index (χ4v) is 3.79. The molecule has 0 radical (unpaired) electrons. The number of rotatable bonds is 6. The van der Waals surface area contributed by atoms with Gasteiger partial charge in [0.2, 0.25) is 5.91 Å². The standard InChI is InChI=1S/C22H24N4O4/c1-29-19-8-3-2-6-16(19)12-18-13-24-21(30-18)17-7-4-10-25(14-17)20(27)15-26-11-5-9-23-22(26)28/h2-3,5-6,8-9,11,13,17H,4,7,10,12,14-15H2,1H3/t17-/m0/s1. The first-order valence-electron chi connectivity index (χ1n) is 10.00. The number of hydrogen-bond acceptors (Lipinski definition) is 6. The molecule has 3 heterocycles. The van der Waals surface area contributed by atoms with E-state index >= 15 is 0 Å². The summed E-state index contributed by atoms with van der Waals surface area (Å²) in [4.78, 5) is 34.4. The van der Waals surface area contributed by atoms with Crippen LogP contribution in [0.4, 0.5) is 0 Å². The van der Waals surface area contributed by atoms with Crippen molar-refractivity contribution in [3.63, 3.8) is 0 Å². The number of methoxy groups -OCH3 is 1. The lowest BCUT2D eigenvalue weighted by Gasteiger charge is -2.31. The maximum atomic E-state index is 12.7. The Morgan fingerprint density at radius 2 is 2.13 bits per heavy atom. The zero-order valence-electron chi connectivity index (χ0n) is 16.9. The van der Waals surface area contributed by atoms with Crippen molar-refractivity contribution in [1.29, 1.82) is 0 Å². The Labute approximate surface area is 174 Å². The summed E-state index contributed by atoms with van der Waals surface area (Å²) >= 11 is 0. The largest absolute Gasteiger partial charge is 0.496 e. The number of carbonyl (C=O) groups is 1. The van der Waals surface area contributed by atoms with E-state index < -0.39 is 5.69 Å². The Balaban J connectivity index is 1.42. The third-order valence-electron chi connectivity index (χ3n) is 5.34. The van der Waals surface area contributed by atoms with Crippen LogP contribution in [0.2, 0.25) is 0 Å². The fourth-order valence-electron chi connectivity index (χ4n) is 3.79. The van der Waals surface area contributed by atoms with E-state index in [0.717, 1.165) is 29.9 Å². The molecule has 4 rings (SSSR count). The van der Waals surface area contributed by atoms with Gasteiger partial charge >= 0.3 is 5.69 Å². The first-order chi connectivity index (χ1) is 14.6. The van der Waals surface area contributed by atoms with Crippen molar-refractivity contribution in [3.8, 4) is 5.75 Å². The molecule has 8 heteroatoms. The van der Waals surface area contributed by atoms with E-state index in [0.29, 0.717) is 25.4 Å². The third-order valence-corrected chi connectivity index (χ3v) is 5.34. The van der Waals surface area contributed by atoms with Gasteiger partial charge in [0, 0.05) is 37.5 Å². The number of hydrogen-bond donors (Lipinski definition) is 0. The summed E-state index contributed by atoms with van der Waals surface area (Å²) in [6.07, 6.45) is 7.11. The molecule has 0 bridgehead atoms. The van der Waals surface area contributed by atoms with Crippen molar-refractivity contribution in [3.05, 3.63) is 76.6 Å². The maximum Gasteiger partial charge on any atom is 0.347 e. The summed E-state index contributed by atoms with van der Waals surface area (Å²) in [7, 11) is 1.65. The summed E-state index contributed by atoms with van der Waals surface area (Å²) in [5.74, 6) is 2.17. The van der Waals surface area contributed by atoms with Crippen LogP contribution < -0.4 is 10.4 Å². The molecular weight excluding hydrogens is 384 g/mol. The van der Waals surface area contributed by atoms with Crippen molar-refractivity contribution in [2.24, 2.45) is 0 Å². The van der Waals surface area contributed by atoms with Crippen molar-refractivity contribution < 1.29 is 13.9 Å². The molecule has 0 N–H and O–H groups in total. The molecule has 1 aromatic carbocycles. The van der Waals surface area contributed by atoms with E-state index in [1.807, 2.05) is 24.3 Å². The molecule has 1 fully saturated rings. The molecule has 1 aliphatic rings. The van der Waals surface area contributed by atoms with Crippen molar-refractivity contribution in [1.82, 2.24) is 19.4 Å². The van der Waals surface area contributed by atoms with Crippen LogP contribution in [0, 0.1) is 0 Å². The van der Waals surface area contributed by atoms with Gasteiger partial charge < -0.3 is 14.1 Å². The summed E-state index contributed by atoms with van der Waals surface area (Å²) in [5.41, 5.74) is 0.609. The Hall–Kier alpha value is -3.42. The van der Waals surface area contributed by atoms with E-state index in [9.17, 15) is 9.59 Å². The summed E-state index contributed by atoms with van der Waals surface area (Å²) in [5, 5.41) is 0. The SMILES string of the molecule is COc1ccccc1Cc1cnc([C@H]2CCCN(C(=O)Cn3cccnc3=O)C2)o1. The second-order valence-electron chi connectivity index (χ2n) is 7.36. The van der Waals surface area contributed by atoms with Crippen LogP contribution in [-0.4, -0.2) is 45.5 Å². The number of ether oxygens (including phenoxy) is 1. The molecule has 1 atom stereocenters. The zero-order valence-corrected chi connectivity index (χ0v) is 16.9. The lowest BCUT2D eigenvalue weighted by atomic mass is 9.98. The number of benzene rings is 1. The molecule has 3 aromatic rings. The first-order valence-corrected chi connectivity index (χ1v) is 10.00. The van der Waals surface area contributed by atoms with E-state index in [1.165, 1.54) is 10.8 Å². The molecule has 8 nitrogen and oxygen atoms in total. The topological polar surface area (TPSA) is 90.5 Å². The minimum Gasteiger partial charge on any atom is -0.496 e. The number of likely N-dealkylation sites (tertiary alicyclic amines) is 1. The summed E-state index contributed by atoms with van der Waals surface area (Å²) < 4.78 is 12.7. The zero-order chi connectivity index (χ0) is 20.9. The van der Waals surface area contributed by atoms with Crippen LogP contribution >= 0.6 is 0 Å². The van der Waals surface area contributed by atoms with Gasteiger partial charge in [-0.15, -0.1) is 0 Å². The highest BCUT2D eigenvalue weighted by Crippen LogP contribution is 2.28. The van der Waals surface area contributed by atoms with E-state index in [-0.39, 0.29) is 18.4 Å². The van der Waals surface area contributed by atoms with Gasteiger partial charge in [-0.25, -0.2) is 14.8 Å². The first kappa shape index (κ1) is 19.9. The van der Waals surface area contributed by atoms with Gasteiger partial charge in [0.05, 0.1) is 19.2 Å². The molecule has 0 aliphatic carbocycles. The highest BCUT2D eigenvalue weighted by atomic mass is 16.5. The summed E-state index contributed by atoms with van der Waals surface area (Å²) in [6, 6.07) is 9.46. The monoisotopic (exact) mass is 408 g/mol. The smallest absolute Gasteiger partial charge is 0.347 e. The minimum atomic E-state index is -0.423. The molecular formula is C22H24N4O4. The molecule has 156 valence electrons. The van der Waals surface area contributed by atoms with Gasteiger partial charge in [-0.3, -0.25) is 9.36 Å². The second kappa shape index (κ2) is 8.94. The molecule has 1 amide bonds. The van der Waals surface area contributed by atoms with E-state index in [1.54, 1.807) is 30.5 Å². The quantitative estimate of drug-likeness (QED) is 0.621. The van der Waals surface area contributed by atoms with Crippen LogP contribution in [-0.2, 0) is 17.8 Å². The molecule has 30 heavy (non-hydrogen) atoms. The average molecular weight is 408 g/mol. The fraction of sp³-hybridized carbons (Fsp3) is 0.364. The molecule has 1 aliphatic heterocycles. The third kappa shape index (κ3) is 4.42. The molecule has 0 saturated carbocycles. The van der Waals surface area contributed by atoms with Crippen LogP contribution in [0.15, 0.2) is 58.1 Å². The van der Waals surface area contributed by atoms with Crippen LogP contribution in [0.3, 0.4) is 0 Å². The number of para-hydroxylation sites is 1. The minimum absolute atomic E-state index is 0.00989. The van der Waals surface area contributed by atoms with Gasteiger partial charge in [-0.1, -0.05) is 18.2 Å². The van der Waals surface area contributed by atoms with Crippen molar-refractivity contribution in [2.45, 2.75) is 31.7 Å². The van der Waals surface area contributed by atoms with Crippen molar-refractivity contribution in [2.75, 3.05) is 20.2 Å². The molecule has 0 unspecified atom stereocenters. The lowest BCUT2D eigenvalue weighted by molar-refractivity contribution is -0.133. The van der Waals surface area contributed by atoms with Gasteiger partial charge in [0.25, 0.3) is 0 Å².